The van der Waals surface area contributed by atoms with Crippen LogP contribution >= 0.6 is 11.6 Å². The third-order valence-electron chi connectivity index (χ3n) is 8.18. The average molecular weight is 404 g/mol. The van der Waals surface area contributed by atoms with Crippen LogP contribution in [0, 0.1) is 23.2 Å². The van der Waals surface area contributed by atoms with Gasteiger partial charge in [-0.15, -0.1) is 0 Å². The van der Waals surface area contributed by atoms with E-state index < -0.39 is 5.54 Å². The van der Waals surface area contributed by atoms with Crippen LogP contribution < -0.4 is 5.73 Å². The highest BCUT2D eigenvalue weighted by Gasteiger charge is 2.64. The molecule has 6 rings (SSSR count). The van der Waals surface area contributed by atoms with Crippen molar-refractivity contribution in [2.45, 2.75) is 70.4 Å². The van der Waals surface area contributed by atoms with Crippen molar-refractivity contribution < 1.29 is 9.59 Å². The topological polar surface area (TPSA) is 66.6 Å². The Kier molecular flexibility index (Phi) is 4.06. The molecular weight excluding hydrogens is 374 g/mol. The lowest BCUT2D eigenvalue weighted by Crippen LogP contribution is -2.80. The number of carbonyl (C=O) groups excluding carboxylic acids is 2. The minimum atomic E-state index is -0.508. The maximum Gasteiger partial charge on any atom is 0.258 e. The highest BCUT2D eigenvalue weighted by atomic mass is 35.5. The van der Waals surface area contributed by atoms with E-state index in [1.165, 1.54) is 0 Å². The molecule has 1 saturated heterocycles. The maximum absolute atomic E-state index is 13.2. The molecule has 28 heavy (non-hydrogen) atoms. The van der Waals surface area contributed by atoms with E-state index in [4.69, 9.17) is 17.3 Å². The van der Waals surface area contributed by atoms with Crippen molar-refractivity contribution in [1.29, 1.82) is 0 Å². The van der Waals surface area contributed by atoms with E-state index in [0.29, 0.717) is 24.3 Å². The third kappa shape index (κ3) is 2.48. The molecule has 4 bridgehead atoms. The summed E-state index contributed by atoms with van der Waals surface area (Å²) in [5, 5.41) is 5.18. The number of carbonyl (C=O) groups is 2. The van der Waals surface area contributed by atoms with Gasteiger partial charge in [-0.2, -0.15) is 5.01 Å². The Hall–Kier alpha value is -1.33. The van der Waals surface area contributed by atoms with E-state index in [0.717, 1.165) is 55.6 Å². The summed E-state index contributed by atoms with van der Waals surface area (Å²) in [5.74, 6) is 1.44. The van der Waals surface area contributed by atoms with Crippen LogP contribution in [0.1, 0.15) is 58.8 Å². The Balaban J connectivity index is 1.43. The van der Waals surface area contributed by atoms with Crippen molar-refractivity contribution in [3.8, 4) is 0 Å². The van der Waals surface area contributed by atoms with Gasteiger partial charge in [0.15, 0.2) is 0 Å². The molecular formula is C22H30ClN3O2. The van der Waals surface area contributed by atoms with Gasteiger partial charge in [0.1, 0.15) is 5.54 Å². The molecule has 0 aromatic heterocycles. The van der Waals surface area contributed by atoms with Crippen molar-refractivity contribution in [1.82, 2.24) is 10.0 Å². The fourth-order valence-corrected chi connectivity index (χ4v) is 7.21. The average Bonchev–Trinajstić information content (AvgIpc) is 2.63. The van der Waals surface area contributed by atoms with E-state index in [1.54, 1.807) is 0 Å². The highest BCUT2D eigenvalue weighted by molar-refractivity contribution is 6.30. The number of hydrazine groups is 1. The second kappa shape index (κ2) is 6.09. The fourth-order valence-electron chi connectivity index (χ4n) is 6.98. The van der Waals surface area contributed by atoms with E-state index in [1.807, 2.05) is 18.9 Å². The van der Waals surface area contributed by atoms with Crippen LogP contribution in [0.5, 0.6) is 0 Å². The van der Waals surface area contributed by atoms with Crippen LogP contribution in [0.2, 0.25) is 0 Å². The smallest absolute Gasteiger partial charge is 0.258 e. The molecule has 5 nitrogen and oxygen atoms in total. The number of allylic oxidation sites excluding steroid dienone is 2. The Morgan fingerprint density at radius 2 is 1.93 bits per heavy atom. The predicted octanol–water partition coefficient (Wildman–Crippen LogP) is 3.35. The normalized spacial score (nSPS) is 41.5. The molecule has 5 aliphatic carbocycles. The molecule has 2 atom stereocenters. The van der Waals surface area contributed by atoms with Gasteiger partial charge in [0.05, 0.1) is 6.04 Å². The molecule has 1 heterocycles. The standard InChI is InChI=1S/C22H30ClN3O2/c1-21(2)20(28)26(25(21)12-14-5-3-4-6-17(14)23)18-15-7-13-8-16(18)11-22(9-13,10-15)19(24)27/h3,5,13,15-16,18H,4,6-12H2,1-2H3,(H2,24,27). The number of primary amides is 1. The van der Waals surface area contributed by atoms with Gasteiger partial charge in [0.25, 0.3) is 5.91 Å². The molecule has 2 N–H and O–H groups in total. The highest BCUT2D eigenvalue weighted by Crippen LogP contribution is 2.62. The van der Waals surface area contributed by atoms with Gasteiger partial charge in [0.2, 0.25) is 5.91 Å². The minimum absolute atomic E-state index is 0.123. The quantitative estimate of drug-likeness (QED) is 0.782. The Labute approximate surface area is 171 Å². The number of nitrogens with zero attached hydrogens (tertiary/aromatic N) is 2. The minimum Gasteiger partial charge on any atom is -0.369 e. The van der Waals surface area contributed by atoms with Gasteiger partial charge in [-0.1, -0.05) is 23.8 Å². The van der Waals surface area contributed by atoms with E-state index in [9.17, 15) is 9.59 Å². The summed E-state index contributed by atoms with van der Waals surface area (Å²) < 4.78 is 0. The summed E-state index contributed by atoms with van der Waals surface area (Å²) in [6, 6.07) is 0.205. The summed E-state index contributed by atoms with van der Waals surface area (Å²) in [6.07, 6.45) is 11.0. The molecule has 5 fully saturated rings. The molecule has 4 saturated carbocycles. The monoisotopic (exact) mass is 403 g/mol. The molecule has 6 aliphatic rings. The number of amides is 2. The summed E-state index contributed by atoms with van der Waals surface area (Å²) in [7, 11) is 0. The lowest BCUT2D eigenvalue weighted by molar-refractivity contribution is -0.249. The van der Waals surface area contributed by atoms with Crippen molar-refractivity contribution in [2.24, 2.45) is 28.9 Å². The lowest BCUT2D eigenvalue weighted by Gasteiger charge is -2.67. The van der Waals surface area contributed by atoms with Gasteiger partial charge >= 0.3 is 0 Å². The van der Waals surface area contributed by atoms with Gasteiger partial charge in [-0.25, -0.2) is 0 Å². The van der Waals surface area contributed by atoms with Crippen molar-refractivity contribution in [2.75, 3.05) is 6.54 Å². The zero-order valence-electron chi connectivity index (χ0n) is 16.8. The van der Waals surface area contributed by atoms with E-state index in [2.05, 4.69) is 17.2 Å². The number of hydrogen-bond acceptors (Lipinski definition) is 3. The van der Waals surface area contributed by atoms with Crippen LogP contribution in [0.25, 0.3) is 0 Å². The third-order valence-corrected chi connectivity index (χ3v) is 8.62. The first-order valence-electron chi connectivity index (χ1n) is 10.7. The zero-order chi connectivity index (χ0) is 19.8. The molecule has 0 aromatic carbocycles. The molecule has 0 spiro atoms. The largest absolute Gasteiger partial charge is 0.369 e. The van der Waals surface area contributed by atoms with E-state index >= 15 is 0 Å². The second-order valence-corrected chi connectivity index (χ2v) is 10.7. The van der Waals surface area contributed by atoms with Crippen LogP contribution in [0.15, 0.2) is 22.8 Å². The molecule has 1 aliphatic heterocycles. The van der Waals surface area contributed by atoms with Crippen LogP contribution in [-0.4, -0.2) is 40.0 Å². The number of halogens is 1. The Morgan fingerprint density at radius 1 is 1.25 bits per heavy atom. The predicted molar refractivity (Wildman–Crippen MR) is 108 cm³/mol. The second-order valence-electron chi connectivity index (χ2n) is 10.2. The van der Waals surface area contributed by atoms with Crippen LogP contribution in [0.4, 0.5) is 0 Å². The first-order chi connectivity index (χ1) is 13.2. The van der Waals surface area contributed by atoms with Gasteiger partial charge in [-0.05, 0) is 82.1 Å². The Bertz CT molecular complexity index is 786. The summed E-state index contributed by atoms with van der Waals surface area (Å²) in [4.78, 5) is 25.4. The molecule has 0 aromatic rings. The first-order valence-corrected chi connectivity index (χ1v) is 11.1. The van der Waals surface area contributed by atoms with Gasteiger partial charge in [0, 0.05) is 17.0 Å². The molecule has 2 amide bonds. The van der Waals surface area contributed by atoms with Crippen molar-refractivity contribution in [3.05, 3.63) is 22.8 Å². The lowest BCUT2D eigenvalue weighted by atomic mass is 9.47. The maximum atomic E-state index is 13.2. The Morgan fingerprint density at radius 3 is 2.54 bits per heavy atom. The molecule has 6 heteroatoms. The summed E-state index contributed by atoms with van der Waals surface area (Å²) in [5.41, 5.74) is 6.13. The van der Waals surface area contributed by atoms with Gasteiger partial charge < -0.3 is 5.73 Å². The first kappa shape index (κ1) is 18.7. The molecule has 152 valence electrons. The van der Waals surface area contributed by atoms with Crippen LogP contribution in [0.3, 0.4) is 0 Å². The SMILES string of the molecule is CC1(C)C(=O)N(C2C3CC4CC2CC(C(N)=O)(C4)C3)N1CC1=C(Cl)CCC=C1. The van der Waals surface area contributed by atoms with E-state index in [-0.39, 0.29) is 23.3 Å². The van der Waals surface area contributed by atoms with Crippen molar-refractivity contribution >= 4 is 23.4 Å². The van der Waals surface area contributed by atoms with Gasteiger partial charge in [-0.3, -0.25) is 14.6 Å². The summed E-state index contributed by atoms with van der Waals surface area (Å²) >= 11 is 6.49. The number of hydrogen-bond donors (Lipinski definition) is 1. The summed E-state index contributed by atoms with van der Waals surface area (Å²) in [6.45, 7) is 4.69. The fraction of sp³-hybridized carbons (Fsp3) is 0.727. The van der Waals surface area contributed by atoms with Crippen LogP contribution in [-0.2, 0) is 9.59 Å². The molecule has 0 radical (unpaired) electrons. The number of nitrogens with two attached hydrogens (primary N) is 1. The molecule has 2 unspecified atom stereocenters. The number of rotatable bonds is 4. The van der Waals surface area contributed by atoms with Crippen molar-refractivity contribution in [3.63, 3.8) is 0 Å². The zero-order valence-corrected chi connectivity index (χ0v) is 17.5.